The van der Waals surface area contributed by atoms with Gasteiger partial charge in [0.1, 0.15) is 5.69 Å². The zero-order chi connectivity index (χ0) is 22.5. The van der Waals surface area contributed by atoms with Gasteiger partial charge in [-0.05, 0) is 82.6 Å². The van der Waals surface area contributed by atoms with E-state index in [0.29, 0.717) is 28.9 Å². The SMILES string of the molecule is CC1CCC(n2cc3cc(NC(=O)c4cccc(C5CC5)n4)c(C(C)(C)O)cc3n2)CC1. The van der Waals surface area contributed by atoms with E-state index in [1.807, 2.05) is 24.3 Å². The van der Waals surface area contributed by atoms with Crippen LogP contribution in [0.5, 0.6) is 0 Å². The summed E-state index contributed by atoms with van der Waals surface area (Å²) >= 11 is 0. The molecule has 2 aromatic heterocycles. The lowest BCUT2D eigenvalue weighted by atomic mass is 9.87. The highest BCUT2D eigenvalue weighted by Gasteiger charge is 2.27. The maximum atomic E-state index is 13.0. The summed E-state index contributed by atoms with van der Waals surface area (Å²) in [7, 11) is 0. The molecule has 1 aromatic carbocycles. The molecule has 2 aliphatic carbocycles. The number of amides is 1. The Balaban J connectivity index is 1.46. The fourth-order valence-corrected chi connectivity index (χ4v) is 4.77. The lowest BCUT2D eigenvalue weighted by Gasteiger charge is -2.26. The van der Waals surface area contributed by atoms with Gasteiger partial charge in [-0.2, -0.15) is 5.10 Å². The van der Waals surface area contributed by atoms with Gasteiger partial charge in [-0.3, -0.25) is 9.48 Å². The molecule has 0 aliphatic heterocycles. The zero-order valence-electron chi connectivity index (χ0n) is 19.1. The van der Waals surface area contributed by atoms with Crippen LogP contribution in [0.2, 0.25) is 0 Å². The second kappa shape index (κ2) is 8.00. The molecule has 0 radical (unpaired) electrons. The van der Waals surface area contributed by atoms with Gasteiger partial charge in [-0.25, -0.2) is 4.98 Å². The number of hydrogen-bond acceptors (Lipinski definition) is 4. The Kier molecular flexibility index (Phi) is 5.28. The number of aliphatic hydroxyl groups is 1. The van der Waals surface area contributed by atoms with E-state index in [2.05, 4.69) is 28.1 Å². The van der Waals surface area contributed by atoms with Gasteiger partial charge < -0.3 is 10.4 Å². The van der Waals surface area contributed by atoms with E-state index in [1.54, 1.807) is 19.9 Å². The topological polar surface area (TPSA) is 80.0 Å². The van der Waals surface area contributed by atoms with Crippen molar-refractivity contribution in [1.29, 1.82) is 0 Å². The number of carbonyl (C=O) groups excluding carboxylic acids is 1. The Bertz CT molecular complexity index is 1150. The average molecular weight is 433 g/mol. The quantitative estimate of drug-likeness (QED) is 0.555. The molecule has 0 saturated heterocycles. The number of rotatable bonds is 5. The molecule has 2 saturated carbocycles. The molecule has 2 N–H and O–H groups in total. The number of nitrogens with zero attached hydrogens (tertiary/aromatic N) is 3. The molecule has 2 fully saturated rings. The summed E-state index contributed by atoms with van der Waals surface area (Å²) in [5, 5.41) is 19.6. The van der Waals surface area contributed by atoms with Crippen LogP contribution in [0.15, 0.2) is 36.5 Å². The normalized spacial score (nSPS) is 21.6. The molecule has 0 atom stereocenters. The first kappa shape index (κ1) is 21.1. The Labute approximate surface area is 189 Å². The van der Waals surface area contributed by atoms with Crippen LogP contribution in [-0.2, 0) is 5.60 Å². The number of aromatic nitrogens is 3. The molecule has 0 bridgehead atoms. The molecule has 2 aliphatic rings. The average Bonchev–Trinajstić information content (AvgIpc) is 3.53. The summed E-state index contributed by atoms with van der Waals surface area (Å²) < 4.78 is 2.08. The van der Waals surface area contributed by atoms with Crippen LogP contribution in [-0.4, -0.2) is 25.8 Å². The number of nitrogens with one attached hydrogen (secondary N) is 1. The fourth-order valence-electron chi connectivity index (χ4n) is 4.77. The smallest absolute Gasteiger partial charge is 0.274 e. The summed E-state index contributed by atoms with van der Waals surface area (Å²) in [5.74, 6) is 1.01. The van der Waals surface area contributed by atoms with Crippen LogP contribution in [0.25, 0.3) is 10.9 Å². The Hall–Kier alpha value is -2.73. The van der Waals surface area contributed by atoms with Crippen molar-refractivity contribution in [2.24, 2.45) is 5.92 Å². The van der Waals surface area contributed by atoms with Crippen molar-refractivity contribution >= 4 is 22.5 Å². The molecular weight excluding hydrogens is 400 g/mol. The molecule has 6 nitrogen and oxygen atoms in total. The highest BCUT2D eigenvalue weighted by Crippen LogP contribution is 2.39. The summed E-state index contributed by atoms with van der Waals surface area (Å²) in [6.45, 7) is 5.78. The molecule has 168 valence electrons. The first-order valence-electron chi connectivity index (χ1n) is 11.8. The molecule has 2 heterocycles. The molecule has 5 rings (SSSR count). The molecule has 32 heavy (non-hydrogen) atoms. The zero-order valence-corrected chi connectivity index (χ0v) is 19.1. The summed E-state index contributed by atoms with van der Waals surface area (Å²) in [6, 6.07) is 9.87. The van der Waals surface area contributed by atoms with Gasteiger partial charge in [0.15, 0.2) is 0 Å². The maximum absolute atomic E-state index is 13.0. The highest BCUT2D eigenvalue weighted by molar-refractivity contribution is 6.04. The van der Waals surface area contributed by atoms with Crippen LogP contribution in [0.3, 0.4) is 0 Å². The minimum atomic E-state index is -1.12. The van der Waals surface area contributed by atoms with Crippen LogP contribution in [0.1, 0.15) is 93.0 Å². The number of hydrogen-bond donors (Lipinski definition) is 2. The van der Waals surface area contributed by atoms with Crippen LogP contribution in [0.4, 0.5) is 5.69 Å². The first-order valence-corrected chi connectivity index (χ1v) is 11.8. The fraction of sp³-hybridized carbons (Fsp3) is 0.500. The van der Waals surface area contributed by atoms with Gasteiger partial charge in [-0.1, -0.05) is 13.0 Å². The van der Waals surface area contributed by atoms with E-state index in [4.69, 9.17) is 5.10 Å². The van der Waals surface area contributed by atoms with Gasteiger partial charge >= 0.3 is 0 Å². The van der Waals surface area contributed by atoms with Crippen molar-refractivity contribution < 1.29 is 9.90 Å². The van der Waals surface area contributed by atoms with Crippen molar-refractivity contribution in [2.75, 3.05) is 5.32 Å². The van der Waals surface area contributed by atoms with Gasteiger partial charge in [-0.15, -0.1) is 0 Å². The van der Waals surface area contributed by atoms with E-state index in [-0.39, 0.29) is 5.91 Å². The largest absolute Gasteiger partial charge is 0.386 e. The molecule has 6 heteroatoms. The van der Waals surface area contributed by atoms with Crippen molar-refractivity contribution in [1.82, 2.24) is 14.8 Å². The number of carbonyl (C=O) groups is 1. The lowest BCUT2D eigenvalue weighted by molar-refractivity contribution is 0.0793. The standard InChI is InChI=1S/C26H32N4O2/c1-16-7-11-19(12-8-16)30-15-18-13-24(20(26(2,3)32)14-23(18)29-30)28-25(31)22-6-4-5-21(27-22)17-9-10-17/h4-6,13-17,19,32H,7-12H2,1-3H3,(H,28,31). The van der Waals surface area contributed by atoms with Crippen molar-refractivity contribution in [2.45, 2.75) is 76.9 Å². The third-order valence-electron chi connectivity index (χ3n) is 6.93. The van der Waals surface area contributed by atoms with E-state index in [9.17, 15) is 9.90 Å². The monoisotopic (exact) mass is 432 g/mol. The van der Waals surface area contributed by atoms with Crippen molar-refractivity contribution in [3.05, 3.63) is 53.5 Å². The minimum Gasteiger partial charge on any atom is -0.386 e. The summed E-state index contributed by atoms with van der Waals surface area (Å²) in [5.41, 5.74) is 2.36. The maximum Gasteiger partial charge on any atom is 0.274 e. The van der Waals surface area contributed by atoms with E-state index < -0.39 is 5.60 Å². The molecule has 1 amide bonds. The predicted molar refractivity (Wildman–Crippen MR) is 126 cm³/mol. The Morgan fingerprint density at radius 1 is 1.12 bits per heavy atom. The van der Waals surface area contributed by atoms with Gasteiger partial charge in [0.05, 0.1) is 17.2 Å². The van der Waals surface area contributed by atoms with E-state index in [0.717, 1.165) is 48.2 Å². The molecule has 0 spiro atoms. The summed E-state index contributed by atoms with van der Waals surface area (Å²) in [4.78, 5) is 17.6. The van der Waals surface area contributed by atoms with Crippen molar-refractivity contribution in [3.63, 3.8) is 0 Å². The number of pyridine rings is 1. The number of benzene rings is 1. The Morgan fingerprint density at radius 3 is 2.56 bits per heavy atom. The highest BCUT2D eigenvalue weighted by atomic mass is 16.3. The van der Waals surface area contributed by atoms with E-state index >= 15 is 0 Å². The van der Waals surface area contributed by atoms with Crippen molar-refractivity contribution in [3.8, 4) is 0 Å². The van der Waals surface area contributed by atoms with Crippen LogP contribution < -0.4 is 5.32 Å². The van der Waals surface area contributed by atoms with E-state index in [1.165, 1.54) is 12.8 Å². The molecule has 0 unspecified atom stereocenters. The van der Waals surface area contributed by atoms with Crippen LogP contribution >= 0.6 is 0 Å². The lowest BCUT2D eigenvalue weighted by Crippen LogP contribution is -2.21. The van der Waals surface area contributed by atoms with Gasteiger partial charge in [0.2, 0.25) is 0 Å². The first-order chi connectivity index (χ1) is 15.3. The molecular formula is C26H32N4O2. The minimum absolute atomic E-state index is 0.258. The van der Waals surface area contributed by atoms with Crippen LogP contribution in [0, 0.1) is 5.92 Å². The number of fused-ring (bicyclic) bond motifs is 1. The second-order valence-electron chi connectivity index (χ2n) is 10.2. The van der Waals surface area contributed by atoms with Gasteiger partial charge in [0.25, 0.3) is 5.91 Å². The number of anilines is 1. The van der Waals surface area contributed by atoms with Gasteiger partial charge in [0, 0.05) is 34.4 Å². The second-order valence-corrected chi connectivity index (χ2v) is 10.2. The third-order valence-corrected chi connectivity index (χ3v) is 6.93. The molecule has 3 aromatic rings. The summed E-state index contributed by atoms with van der Waals surface area (Å²) in [6.07, 6.45) is 9.09. The third kappa shape index (κ3) is 4.29. The Morgan fingerprint density at radius 2 is 1.88 bits per heavy atom. The predicted octanol–water partition coefficient (Wildman–Crippen LogP) is 5.54.